The molecule has 0 bridgehead atoms. The molecule has 0 radical (unpaired) electrons. The fourth-order valence-electron chi connectivity index (χ4n) is 2.70. The van der Waals surface area contributed by atoms with Crippen LogP contribution >= 0.6 is 0 Å². The molecule has 0 amide bonds. The topological polar surface area (TPSA) is 64.3 Å². The van der Waals surface area contributed by atoms with Crippen LogP contribution in [-0.4, -0.2) is 26.2 Å². The number of hydrogen-bond acceptors (Lipinski definition) is 5. The fraction of sp³-hybridized carbons (Fsp3) is 0.267. The Hall–Kier alpha value is -2.63. The molecule has 0 unspecified atom stereocenters. The van der Waals surface area contributed by atoms with Gasteiger partial charge in [-0.15, -0.1) is 0 Å². The predicted octanol–water partition coefficient (Wildman–Crippen LogP) is 2.37. The Morgan fingerprint density at radius 3 is 3.19 bits per heavy atom. The monoisotopic (exact) mass is 281 g/mol. The second-order valence-corrected chi connectivity index (χ2v) is 5.13. The lowest BCUT2D eigenvalue weighted by Crippen LogP contribution is -2.21. The van der Waals surface area contributed by atoms with Crippen LogP contribution in [0, 0.1) is 6.92 Å². The third-order valence-corrected chi connectivity index (χ3v) is 3.66. The molecule has 0 aliphatic carbocycles. The maximum Gasteiger partial charge on any atom is 0.254 e. The second kappa shape index (κ2) is 4.73. The SMILES string of the molecule is Cc1cc(N[C@H]2CCOc3ccccc32)n2ncnc2n1. The number of para-hydroxylation sites is 1. The lowest BCUT2D eigenvalue weighted by atomic mass is 10.0. The molecule has 1 aliphatic rings. The number of rotatable bonds is 2. The summed E-state index contributed by atoms with van der Waals surface area (Å²) in [6.45, 7) is 2.66. The Kier molecular flexibility index (Phi) is 2.73. The van der Waals surface area contributed by atoms with Gasteiger partial charge in [0.15, 0.2) is 0 Å². The highest BCUT2D eigenvalue weighted by atomic mass is 16.5. The Labute approximate surface area is 121 Å². The quantitative estimate of drug-likeness (QED) is 0.781. The lowest BCUT2D eigenvalue weighted by Gasteiger charge is -2.27. The minimum Gasteiger partial charge on any atom is -0.493 e. The molecule has 6 nitrogen and oxygen atoms in total. The molecule has 3 aromatic rings. The molecule has 4 rings (SSSR count). The van der Waals surface area contributed by atoms with Gasteiger partial charge in [0.2, 0.25) is 0 Å². The maximum absolute atomic E-state index is 5.70. The zero-order valence-corrected chi connectivity index (χ0v) is 11.7. The zero-order chi connectivity index (χ0) is 14.2. The van der Waals surface area contributed by atoms with E-state index in [2.05, 4.69) is 26.4 Å². The van der Waals surface area contributed by atoms with Crippen molar-refractivity contribution in [1.82, 2.24) is 19.6 Å². The molecule has 2 aromatic heterocycles. The molecule has 0 saturated heterocycles. The molecule has 0 spiro atoms. The molecule has 1 atom stereocenters. The van der Waals surface area contributed by atoms with Crippen LogP contribution in [0.15, 0.2) is 36.7 Å². The van der Waals surface area contributed by atoms with E-state index in [1.165, 1.54) is 11.9 Å². The summed E-state index contributed by atoms with van der Waals surface area (Å²) in [7, 11) is 0. The van der Waals surface area contributed by atoms with Gasteiger partial charge in [0.1, 0.15) is 17.9 Å². The zero-order valence-electron chi connectivity index (χ0n) is 11.7. The first-order valence-electron chi connectivity index (χ1n) is 6.97. The van der Waals surface area contributed by atoms with Crippen LogP contribution in [0.25, 0.3) is 5.78 Å². The van der Waals surface area contributed by atoms with Gasteiger partial charge >= 0.3 is 0 Å². The first-order chi connectivity index (χ1) is 10.3. The van der Waals surface area contributed by atoms with Crippen molar-refractivity contribution in [2.24, 2.45) is 0 Å². The van der Waals surface area contributed by atoms with Crippen LogP contribution in [0.5, 0.6) is 5.75 Å². The summed E-state index contributed by atoms with van der Waals surface area (Å²) in [6.07, 6.45) is 2.43. The summed E-state index contributed by atoms with van der Waals surface area (Å²) in [5, 5.41) is 7.78. The summed E-state index contributed by atoms with van der Waals surface area (Å²) in [6, 6.07) is 10.3. The van der Waals surface area contributed by atoms with Gasteiger partial charge in [-0.05, 0) is 13.0 Å². The van der Waals surface area contributed by atoms with Crippen LogP contribution in [0.3, 0.4) is 0 Å². The number of nitrogens with zero attached hydrogens (tertiary/aromatic N) is 4. The molecule has 1 aromatic carbocycles. The van der Waals surface area contributed by atoms with Crippen LogP contribution in [0.4, 0.5) is 5.82 Å². The lowest BCUT2D eigenvalue weighted by molar-refractivity contribution is 0.274. The van der Waals surface area contributed by atoms with Gasteiger partial charge in [0.05, 0.1) is 12.6 Å². The summed E-state index contributed by atoms with van der Waals surface area (Å²) in [5.41, 5.74) is 2.09. The minimum absolute atomic E-state index is 0.198. The van der Waals surface area contributed by atoms with E-state index in [9.17, 15) is 0 Å². The number of hydrogen-bond donors (Lipinski definition) is 1. The van der Waals surface area contributed by atoms with Crippen LogP contribution < -0.4 is 10.1 Å². The number of aromatic nitrogens is 4. The van der Waals surface area contributed by atoms with E-state index >= 15 is 0 Å². The predicted molar refractivity (Wildman–Crippen MR) is 78.4 cm³/mol. The van der Waals surface area contributed by atoms with Gasteiger partial charge in [-0.2, -0.15) is 14.6 Å². The van der Waals surface area contributed by atoms with E-state index in [1.54, 1.807) is 4.52 Å². The largest absolute Gasteiger partial charge is 0.493 e. The van der Waals surface area contributed by atoms with Crippen molar-refractivity contribution in [3.63, 3.8) is 0 Å². The summed E-state index contributed by atoms with van der Waals surface area (Å²) in [4.78, 5) is 8.51. The van der Waals surface area contributed by atoms with E-state index in [0.29, 0.717) is 12.4 Å². The van der Waals surface area contributed by atoms with Gasteiger partial charge < -0.3 is 10.1 Å². The Balaban J connectivity index is 1.74. The van der Waals surface area contributed by atoms with Gasteiger partial charge in [-0.25, -0.2) is 4.98 Å². The fourth-order valence-corrected chi connectivity index (χ4v) is 2.70. The van der Waals surface area contributed by atoms with Crippen molar-refractivity contribution >= 4 is 11.6 Å². The van der Waals surface area contributed by atoms with Crippen molar-refractivity contribution in [2.45, 2.75) is 19.4 Å². The molecular formula is C15H15N5O. The maximum atomic E-state index is 5.70. The highest BCUT2D eigenvalue weighted by Gasteiger charge is 2.22. The van der Waals surface area contributed by atoms with Gasteiger partial charge in [0, 0.05) is 23.7 Å². The third kappa shape index (κ3) is 2.08. The first-order valence-corrected chi connectivity index (χ1v) is 6.97. The molecule has 106 valence electrons. The summed E-state index contributed by atoms with van der Waals surface area (Å²) < 4.78 is 7.43. The van der Waals surface area contributed by atoms with Crippen LogP contribution in [0.2, 0.25) is 0 Å². The third-order valence-electron chi connectivity index (χ3n) is 3.66. The van der Waals surface area contributed by atoms with Gasteiger partial charge in [-0.3, -0.25) is 0 Å². The van der Waals surface area contributed by atoms with Gasteiger partial charge in [0.25, 0.3) is 5.78 Å². The molecule has 0 fully saturated rings. The molecule has 1 N–H and O–H groups in total. The highest BCUT2D eigenvalue weighted by molar-refractivity contribution is 5.49. The van der Waals surface area contributed by atoms with E-state index in [1.807, 2.05) is 31.2 Å². The van der Waals surface area contributed by atoms with Crippen molar-refractivity contribution in [3.8, 4) is 5.75 Å². The molecule has 1 aliphatic heterocycles. The first kappa shape index (κ1) is 12.1. The average Bonchev–Trinajstić information content (AvgIpc) is 2.96. The summed E-state index contributed by atoms with van der Waals surface area (Å²) in [5.74, 6) is 2.46. The number of aryl methyl sites for hydroxylation is 1. The molecular weight excluding hydrogens is 266 g/mol. The van der Waals surface area contributed by atoms with E-state index < -0.39 is 0 Å². The molecule has 0 saturated carbocycles. The Morgan fingerprint density at radius 2 is 2.24 bits per heavy atom. The Bertz CT molecular complexity index is 798. The van der Waals surface area contributed by atoms with Crippen LogP contribution in [0.1, 0.15) is 23.7 Å². The highest BCUT2D eigenvalue weighted by Crippen LogP contribution is 2.33. The van der Waals surface area contributed by atoms with E-state index in [-0.39, 0.29) is 6.04 Å². The normalized spacial score (nSPS) is 17.3. The number of ether oxygens (including phenoxy) is 1. The molecule has 3 heterocycles. The Morgan fingerprint density at radius 1 is 1.33 bits per heavy atom. The smallest absolute Gasteiger partial charge is 0.254 e. The number of nitrogens with one attached hydrogen (secondary N) is 1. The van der Waals surface area contributed by atoms with Gasteiger partial charge in [-0.1, -0.05) is 18.2 Å². The minimum atomic E-state index is 0.198. The van der Waals surface area contributed by atoms with Crippen molar-refractivity contribution < 1.29 is 4.74 Å². The second-order valence-electron chi connectivity index (χ2n) is 5.13. The molecule has 21 heavy (non-hydrogen) atoms. The number of benzene rings is 1. The number of anilines is 1. The van der Waals surface area contributed by atoms with E-state index in [0.717, 1.165) is 23.7 Å². The van der Waals surface area contributed by atoms with Crippen molar-refractivity contribution in [2.75, 3.05) is 11.9 Å². The van der Waals surface area contributed by atoms with Crippen molar-refractivity contribution in [1.29, 1.82) is 0 Å². The summed E-state index contributed by atoms with van der Waals surface area (Å²) >= 11 is 0. The number of fused-ring (bicyclic) bond motifs is 2. The average molecular weight is 281 g/mol. The van der Waals surface area contributed by atoms with Crippen molar-refractivity contribution in [3.05, 3.63) is 47.9 Å². The van der Waals surface area contributed by atoms with Crippen LogP contribution in [-0.2, 0) is 0 Å². The molecule has 6 heteroatoms. The van der Waals surface area contributed by atoms with E-state index in [4.69, 9.17) is 4.74 Å². The standard InChI is InChI=1S/C15H15N5O/c1-10-8-14(20-15(18-10)16-9-17-20)19-12-6-7-21-13-5-3-2-4-11(12)13/h2-5,8-9,12,19H,6-7H2,1H3/t12-/m0/s1.